The number of hydrogen-bond donors (Lipinski definition) is 0. The molecule has 0 aromatic heterocycles. The lowest BCUT2D eigenvalue weighted by atomic mass is 9.96. The van der Waals surface area contributed by atoms with Gasteiger partial charge in [0.2, 0.25) is 0 Å². The van der Waals surface area contributed by atoms with Crippen molar-refractivity contribution in [2.75, 3.05) is 24.2 Å². The Morgan fingerprint density at radius 2 is 1.83 bits per heavy atom. The van der Waals surface area contributed by atoms with Gasteiger partial charge in [-0.3, -0.25) is 10.1 Å². The van der Waals surface area contributed by atoms with Gasteiger partial charge in [-0.15, -0.1) is 0 Å². The summed E-state index contributed by atoms with van der Waals surface area (Å²) in [5, 5.41) is 10.9. The molecule has 0 spiro atoms. The second-order valence-electron chi connectivity index (χ2n) is 5.48. The van der Waals surface area contributed by atoms with E-state index in [2.05, 4.69) is 0 Å². The highest BCUT2D eigenvalue weighted by Crippen LogP contribution is 2.36. The lowest BCUT2D eigenvalue weighted by Crippen LogP contribution is -2.39. The standard InChI is InChI=1S/C13H15F3N2O4S/c1-23(21,22)12-8-10(2-3-11(12)18(19)20)17-6-4-9(5-7-17)13(14,15)16/h2-3,8-9H,4-7H2,1H3. The van der Waals surface area contributed by atoms with E-state index in [1.807, 2.05) is 0 Å². The van der Waals surface area contributed by atoms with Crippen LogP contribution in [0.15, 0.2) is 23.1 Å². The highest BCUT2D eigenvalue weighted by molar-refractivity contribution is 7.90. The van der Waals surface area contributed by atoms with E-state index in [-0.39, 0.29) is 25.9 Å². The molecule has 0 N–H and O–H groups in total. The van der Waals surface area contributed by atoms with Crippen molar-refractivity contribution in [3.63, 3.8) is 0 Å². The Labute approximate surface area is 131 Å². The fourth-order valence-corrected chi connectivity index (χ4v) is 3.47. The molecule has 23 heavy (non-hydrogen) atoms. The number of hydrogen-bond acceptors (Lipinski definition) is 5. The largest absolute Gasteiger partial charge is 0.391 e. The van der Waals surface area contributed by atoms with E-state index >= 15 is 0 Å². The zero-order valence-electron chi connectivity index (χ0n) is 12.2. The first-order valence-corrected chi connectivity index (χ1v) is 8.69. The van der Waals surface area contributed by atoms with E-state index in [4.69, 9.17) is 0 Å². The number of nitro benzene ring substituents is 1. The highest BCUT2D eigenvalue weighted by atomic mass is 32.2. The number of piperidine rings is 1. The number of nitro groups is 1. The summed E-state index contributed by atoms with van der Waals surface area (Å²) in [7, 11) is -3.82. The van der Waals surface area contributed by atoms with E-state index < -0.39 is 37.4 Å². The zero-order valence-corrected chi connectivity index (χ0v) is 13.0. The van der Waals surface area contributed by atoms with Crippen LogP contribution in [-0.4, -0.2) is 38.9 Å². The smallest absolute Gasteiger partial charge is 0.371 e. The SMILES string of the molecule is CS(=O)(=O)c1cc(N2CCC(C(F)(F)F)CC2)ccc1[N+](=O)[O-]. The molecule has 0 atom stereocenters. The molecule has 2 rings (SSSR count). The first-order chi connectivity index (χ1) is 10.5. The number of nitrogens with zero attached hydrogens (tertiary/aromatic N) is 2. The monoisotopic (exact) mass is 352 g/mol. The van der Waals surface area contributed by atoms with Gasteiger partial charge >= 0.3 is 6.18 Å². The van der Waals surface area contributed by atoms with Crippen LogP contribution in [-0.2, 0) is 9.84 Å². The second kappa shape index (κ2) is 5.99. The van der Waals surface area contributed by atoms with Crippen molar-refractivity contribution in [1.29, 1.82) is 0 Å². The molecular weight excluding hydrogens is 337 g/mol. The summed E-state index contributed by atoms with van der Waals surface area (Å²) in [4.78, 5) is 11.3. The van der Waals surface area contributed by atoms with Crippen molar-refractivity contribution in [3.8, 4) is 0 Å². The molecule has 1 fully saturated rings. The third-order valence-corrected chi connectivity index (χ3v) is 4.99. The van der Waals surface area contributed by atoms with Crippen molar-refractivity contribution in [2.45, 2.75) is 23.9 Å². The normalized spacial score (nSPS) is 17.3. The van der Waals surface area contributed by atoms with Crippen LogP contribution in [0.2, 0.25) is 0 Å². The molecule has 10 heteroatoms. The van der Waals surface area contributed by atoms with Gasteiger partial charge in [-0.2, -0.15) is 13.2 Å². The van der Waals surface area contributed by atoms with Crippen LogP contribution < -0.4 is 4.90 Å². The molecule has 1 aromatic rings. The number of alkyl halides is 3. The van der Waals surface area contributed by atoms with Gasteiger partial charge in [0.25, 0.3) is 5.69 Å². The lowest BCUT2D eigenvalue weighted by Gasteiger charge is -2.34. The molecule has 0 unspecified atom stereocenters. The van der Waals surface area contributed by atoms with Gasteiger partial charge in [0.1, 0.15) is 4.90 Å². The van der Waals surface area contributed by atoms with Crippen molar-refractivity contribution < 1.29 is 26.5 Å². The number of benzene rings is 1. The summed E-state index contributed by atoms with van der Waals surface area (Å²) in [6.07, 6.45) is -3.56. The van der Waals surface area contributed by atoms with Gasteiger partial charge in [-0.25, -0.2) is 8.42 Å². The summed E-state index contributed by atoms with van der Waals surface area (Å²) >= 11 is 0. The Kier molecular flexibility index (Phi) is 4.56. The Bertz CT molecular complexity index is 710. The topological polar surface area (TPSA) is 80.5 Å². The third kappa shape index (κ3) is 3.92. The minimum absolute atomic E-state index is 0.0886. The molecule has 128 valence electrons. The zero-order chi connectivity index (χ0) is 17.4. The maximum absolute atomic E-state index is 12.7. The predicted molar refractivity (Wildman–Crippen MR) is 77.2 cm³/mol. The highest BCUT2D eigenvalue weighted by Gasteiger charge is 2.41. The number of halogens is 3. The van der Waals surface area contributed by atoms with E-state index in [9.17, 15) is 31.7 Å². The molecule has 0 radical (unpaired) electrons. The minimum atomic E-state index is -4.24. The van der Waals surface area contributed by atoms with Gasteiger partial charge in [-0.05, 0) is 25.0 Å². The van der Waals surface area contributed by atoms with Gasteiger partial charge in [0.05, 0.1) is 10.8 Å². The Morgan fingerprint density at radius 3 is 2.26 bits per heavy atom. The fourth-order valence-electron chi connectivity index (χ4n) is 2.61. The summed E-state index contributed by atoms with van der Waals surface area (Å²) in [6.45, 7) is 0.233. The molecule has 6 nitrogen and oxygen atoms in total. The molecule has 1 aromatic carbocycles. The van der Waals surface area contributed by atoms with Gasteiger partial charge in [0, 0.05) is 31.1 Å². The third-order valence-electron chi connectivity index (χ3n) is 3.86. The molecule has 1 saturated heterocycles. The first kappa shape index (κ1) is 17.5. The van der Waals surface area contributed by atoms with Crippen LogP contribution in [0.5, 0.6) is 0 Å². The van der Waals surface area contributed by atoms with Crippen molar-refractivity contribution in [2.24, 2.45) is 5.92 Å². The van der Waals surface area contributed by atoms with Gasteiger partial charge in [-0.1, -0.05) is 0 Å². The number of anilines is 1. The number of rotatable bonds is 3. The first-order valence-electron chi connectivity index (χ1n) is 6.80. The molecular formula is C13H15F3N2O4S. The number of sulfone groups is 1. The fraction of sp³-hybridized carbons (Fsp3) is 0.538. The Morgan fingerprint density at radius 1 is 1.26 bits per heavy atom. The van der Waals surface area contributed by atoms with E-state index in [0.29, 0.717) is 5.69 Å². The molecule has 1 aliphatic rings. The van der Waals surface area contributed by atoms with E-state index in [1.54, 1.807) is 4.90 Å². The summed E-state index contributed by atoms with van der Waals surface area (Å²) in [6, 6.07) is 3.59. The average molecular weight is 352 g/mol. The van der Waals surface area contributed by atoms with Crippen LogP contribution in [0, 0.1) is 16.0 Å². The van der Waals surface area contributed by atoms with Gasteiger partial charge < -0.3 is 4.90 Å². The summed E-state index contributed by atoms with van der Waals surface area (Å²) in [5.74, 6) is -1.37. The maximum Gasteiger partial charge on any atom is 0.391 e. The molecule has 0 aliphatic carbocycles. The Hall–Kier alpha value is -1.84. The van der Waals surface area contributed by atoms with Gasteiger partial charge in [0.15, 0.2) is 9.84 Å². The van der Waals surface area contributed by atoms with E-state index in [0.717, 1.165) is 18.4 Å². The second-order valence-corrected chi connectivity index (χ2v) is 7.47. The molecule has 1 aliphatic heterocycles. The minimum Gasteiger partial charge on any atom is -0.371 e. The quantitative estimate of drug-likeness (QED) is 0.617. The molecule has 0 bridgehead atoms. The van der Waals surface area contributed by atoms with E-state index in [1.165, 1.54) is 6.07 Å². The summed E-state index contributed by atoms with van der Waals surface area (Å²) < 4.78 is 61.4. The molecule has 1 heterocycles. The summed E-state index contributed by atoms with van der Waals surface area (Å²) in [5.41, 5.74) is -0.168. The van der Waals surface area contributed by atoms with Crippen molar-refractivity contribution in [3.05, 3.63) is 28.3 Å². The van der Waals surface area contributed by atoms with Crippen LogP contribution in [0.25, 0.3) is 0 Å². The molecule has 0 amide bonds. The maximum atomic E-state index is 12.7. The average Bonchev–Trinajstić information content (AvgIpc) is 2.45. The van der Waals surface area contributed by atoms with Crippen LogP contribution in [0.3, 0.4) is 0 Å². The van der Waals surface area contributed by atoms with Crippen molar-refractivity contribution >= 4 is 21.2 Å². The Balaban J connectivity index is 2.27. The van der Waals surface area contributed by atoms with Crippen LogP contribution >= 0.6 is 0 Å². The van der Waals surface area contributed by atoms with Crippen LogP contribution in [0.4, 0.5) is 24.5 Å². The predicted octanol–water partition coefficient (Wildman–Crippen LogP) is 2.78. The van der Waals surface area contributed by atoms with Crippen LogP contribution in [0.1, 0.15) is 12.8 Å². The molecule has 0 saturated carbocycles. The van der Waals surface area contributed by atoms with Crippen molar-refractivity contribution in [1.82, 2.24) is 0 Å². The lowest BCUT2D eigenvalue weighted by molar-refractivity contribution is -0.387.